The standard InChI is InChI=1S/C20H20N4O3S/c1-27-17-6-8-18(9-7-17)28(25,26)23-19-10-11-20(22-21-19)24-13-12-15-4-2-3-5-16(15)14-24/h2-11H,12-14H2,1H3,(H,21,23). The summed E-state index contributed by atoms with van der Waals surface area (Å²) in [7, 11) is -2.21. The summed E-state index contributed by atoms with van der Waals surface area (Å²) in [5.41, 5.74) is 2.63. The van der Waals surface area contributed by atoms with Gasteiger partial charge in [0.2, 0.25) is 0 Å². The van der Waals surface area contributed by atoms with Crippen molar-refractivity contribution < 1.29 is 13.2 Å². The second-order valence-corrected chi connectivity index (χ2v) is 8.18. The maximum Gasteiger partial charge on any atom is 0.263 e. The second-order valence-electron chi connectivity index (χ2n) is 6.50. The number of fused-ring (bicyclic) bond motifs is 1. The van der Waals surface area contributed by atoms with Crippen molar-refractivity contribution in [2.24, 2.45) is 0 Å². The van der Waals surface area contributed by atoms with Gasteiger partial charge in [0.1, 0.15) is 5.75 Å². The third kappa shape index (κ3) is 3.77. The van der Waals surface area contributed by atoms with Gasteiger partial charge in [0.05, 0.1) is 12.0 Å². The van der Waals surface area contributed by atoms with E-state index in [0.29, 0.717) is 5.75 Å². The average Bonchev–Trinajstić information content (AvgIpc) is 2.74. The Labute approximate surface area is 164 Å². The maximum absolute atomic E-state index is 12.5. The number of sulfonamides is 1. The van der Waals surface area contributed by atoms with Crippen LogP contribution in [0.2, 0.25) is 0 Å². The van der Waals surface area contributed by atoms with Crippen LogP contribution in [-0.2, 0) is 23.0 Å². The van der Waals surface area contributed by atoms with Crippen molar-refractivity contribution >= 4 is 21.7 Å². The lowest BCUT2D eigenvalue weighted by molar-refractivity contribution is 0.414. The van der Waals surface area contributed by atoms with E-state index in [1.54, 1.807) is 24.3 Å². The fourth-order valence-corrected chi connectivity index (χ4v) is 4.19. The molecule has 0 radical (unpaired) electrons. The number of hydrogen-bond acceptors (Lipinski definition) is 6. The van der Waals surface area contributed by atoms with Crippen molar-refractivity contribution in [1.82, 2.24) is 10.2 Å². The zero-order valence-corrected chi connectivity index (χ0v) is 16.2. The van der Waals surface area contributed by atoms with Crippen molar-refractivity contribution in [1.29, 1.82) is 0 Å². The molecule has 2 aromatic carbocycles. The van der Waals surface area contributed by atoms with E-state index in [1.165, 1.54) is 30.4 Å². The summed E-state index contributed by atoms with van der Waals surface area (Å²) < 4.78 is 32.5. The maximum atomic E-state index is 12.5. The smallest absolute Gasteiger partial charge is 0.263 e. The number of ether oxygens (including phenoxy) is 1. The lowest BCUT2D eigenvalue weighted by Crippen LogP contribution is -2.31. The molecule has 0 saturated carbocycles. The normalized spacial score (nSPS) is 13.7. The van der Waals surface area contributed by atoms with Gasteiger partial charge in [-0.05, 0) is 53.9 Å². The summed E-state index contributed by atoms with van der Waals surface area (Å²) in [6.45, 7) is 1.62. The highest BCUT2D eigenvalue weighted by atomic mass is 32.2. The Morgan fingerprint density at radius 2 is 1.71 bits per heavy atom. The number of nitrogens with zero attached hydrogens (tertiary/aromatic N) is 3. The Balaban J connectivity index is 1.47. The highest BCUT2D eigenvalue weighted by Gasteiger charge is 2.19. The summed E-state index contributed by atoms with van der Waals surface area (Å²) in [5.74, 6) is 1.49. The molecule has 0 spiro atoms. The van der Waals surface area contributed by atoms with Crippen molar-refractivity contribution in [3.63, 3.8) is 0 Å². The molecular formula is C20H20N4O3S. The van der Waals surface area contributed by atoms with E-state index < -0.39 is 10.0 Å². The minimum absolute atomic E-state index is 0.131. The van der Waals surface area contributed by atoms with Gasteiger partial charge < -0.3 is 9.64 Å². The predicted molar refractivity (Wildman–Crippen MR) is 107 cm³/mol. The van der Waals surface area contributed by atoms with Crippen LogP contribution in [0.3, 0.4) is 0 Å². The summed E-state index contributed by atoms with van der Waals surface area (Å²) >= 11 is 0. The minimum Gasteiger partial charge on any atom is -0.497 e. The lowest BCUT2D eigenvalue weighted by atomic mass is 10.00. The monoisotopic (exact) mass is 396 g/mol. The molecule has 7 nitrogen and oxygen atoms in total. The largest absolute Gasteiger partial charge is 0.497 e. The Hall–Kier alpha value is -3.13. The Bertz CT molecular complexity index is 1070. The van der Waals surface area contributed by atoms with Gasteiger partial charge in [0.15, 0.2) is 11.6 Å². The molecule has 1 N–H and O–H groups in total. The van der Waals surface area contributed by atoms with E-state index in [0.717, 1.165) is 25.3 Å². The second kappa shape index (κ2) is 7.47. The Morgan fingerprint density at radius 1 is 0.964 bits per heavy atom. The molecule has 4 rings (SSSR count). The number of anilines is 2. The lowest BCUT2D eigenvalue weighted by Gasteiger charge is -2.29. The topological polar surface area (TPSA) is 84.4 Å². The summed E-state index contributed by atoms with van der Waals surface area (Å²) in [4.78, 5) is 2.27. The van der Waals surface area contributed by atoms with Crippen molar-refractivity contribution in [2.75, 3.05) is 23.3 Å². The molecule has 8 heteroatoms. The summed E-state index contributed by atoms with van der Waals surface area (Å²) in [6.07, 6.45) is 0.948. The van der Waals surface area contributed by atoms with Gasteiger partial charge in [-0.2, -0.15) is 0 Å². The van der Waals surface area contributed by atoms with Crippen molar-refractivity contribution in [3.8, 4) is 5.75 Å². The van der Waals surface area contributed by atoms with E-state index in [4.69, 9.17) is 4.74 Å². The number of rotatable bonds is 5. The molecular weight excluding hydrogens is 376 g/mol. The van der Waals surface area contributed by atoms with Crippen LogP contribution in [0.15, 0.2) is 65.6 Å². The fourth-order valence-electron chi connectivity index (χ4n) is 3.19. The van der Waals surface area contributed by atoms with Crippen molar-refractivity contribution in [2.45, 2.75) is 17.9 Å². The van der Waals surface area contributed by atoms with Crippen LogP contribution in [0.1, 0.15) is 11.1 Å². The van der Waals surface area contributed by atoms with Crippen LogP contribution in [0.25, 0.3) is 0 Å². The molecule has 0 bridgehead atoms. The van der Waals surface area contributed by atoms with Crippen LogP contribution in [0.4, 0.5) is 11.6 Å². The first-order valence-corrected chi connectivity index (χ1v) is 10.4. The highest BCUT2D eigenvalue weighted by molar-refractivity contribution is 7.92. The molecule has 3 aromatic rings. The molecule has 0 unspecified atom stereocenters. The first-order chi connectivity index (χ1) is 13.5. The van der Waals surface area contributed by atoms with Crippen LogP contribution in [-0.4, -0.2) is 32.3 Å². The third-order valence-corrected chi connectivity index (χ3v) is 6.08. The summed E-state index contributed by atoms with van der Waals surface area (Å²) in [6, 6.07) is 17.9. The zero-order chi connectivity index (χ0) is 19.6. The SMILES string of the molecule is COc1ccc(S(=O)(=O)Nc2ccc(N3CCc4ccccc4C3)nn2)cc1. The fraction of sp³-hybridized carbons (Fsp3) is 0.200. The van der Waals surface area contributed by atoms with Crippen molar-refractivity contribution in [3.05, 3.63) is 71.8 Å². The van der Waals surface area contributed by atoms with E-state index in [1.807, 2.05) is 6.07 Å². The minimum atomic E-state index is -3.74. The van der Waals surface area contributed by atoms with Gasteiger partial charge in [-0.1, -0.05) is 24.3 Å². The number of nitrogens with one attached hydrogen (secondary N) is 1. The highest BCUT2D eigenvalue weighted by Crippen LogP contribution is 2.23. The van der Waals surface area contributed by atoms with Gasteiger partial charge in [-0.25, -0.2) is 8.42 Å². The summed E-state index contributed by atoms with van der Waals surface area (Å²) in [5, 5.41) is 8.26. The molecule has 2 heterocycles. The van der Waals surface area contributed by atoms with Gasteiger partial charge in [-0.3, -0.25) is 4.72 Å². The number of aromatic nitrogens is 2. The molecule has 144 valence electrons. The molecule has 0 atom stereocenters. The first kappa shape index (κ1) is 18.2. The van der Waals surface area contributed by atoms with E-state index in [2.05, 4.69) is 38.0 Å². The van der Waals surface area contributed by atoms with Crippen LogP contribution >= 0.6 is 0 Å². The first-order valence-electron chi connectivity index (χ1n) is 8.87. The van der Waals surface area contributed by atoms with E-state index in [-0.39, 0.29) is 10.7 Å². The van der Waals surface area contributed by atoms with Gasteiger partial charge in [-0.15, -0.1) is 10.2 Å². The number of benzene rings is 2. The molecule has 28 heavy (non-hydrogen) atoms. The van der Waals surface area contributed by atoms with Crippen LogP contribution < -0.4 is 14.4 Å². The molecule has 0 aliphatic carbocycles. The Morgan fingerprint density at radius 3 is 2.39 bits per heavy atom. The predicted octanol–water partition coefficient (Wildman–Crippen LogP) is 2.85. The zero-order valence-electron chi connectivity index (χ0n) is 15.4. The molecule has 1 aliphatic rings. The quantitative estimate of drug-likeness (QED) is 0.714. The number of methoxy groups -OCH3 is 1. The Kier molecular flexibility index (Phi) is 4.87. The van der Waals surface area contributed by atoms with Gasteiger partial charge in [0.25, 0.3) is 10.0 Å². The van der Waals surface area contributed by atoms with E-state index >= 15 is 0 Å². The average molecular weight is 396 g/mol. The molecule has 0 fully saturated rings. The van der Waals surface area contributed by atoms with Crippen LogP contribution in [0, 0.1) is 0 Å². The van der Waals surface area contributed by atoms with Crippen LogP contribution in [0.5, 0.6) is 5.75 Å². The molecule has 0 amide bonds. The van der Waals surface area contributed by atoms with E-state index in [9.17, 15) is 8.42 Å². The van der Waals surface area contributed by atoms with Gasteiger partial charge >= 0.3 is 0 Å². The third-order valence-electron chi connectivity index (χ3n) is 4.71. The molecule has 1 aromatic heterocycles. The number of hydrogen-bond donors (Lipinski definition) is 1. The van der Waals surface area contributed by atoms with Gasteiger partial charge in [0, 0.05) is 13.1 Å². The molecule has 1 aliphatic heterocycles. The molecule has 0 saturated heterocycles.